The van der Waals surface area contributed by atoms with Gasteiger partial charge in [0.2, 0.25) is 0 Å². The van der Waals surface area contributed by atoms with E-state index in [4.69, 9.17) is 5.11 Å². The zero-order valence-electron chi connectivity index (χ0n) is 9.57. The maximum absolute atomic E-state index is 11.9. The molecule has 0 saturated carbocycles. The number of H-pyrrole nitrogens is 1. The lowest BCUT2D eigenvalue weighted by molar-refractivity contribution is 0.0699. The molecule has 0 aromatic carbocycles. The Hall–Kier alpha value is -2.96. The third-order valence-corrected chi connectivity index (χ3v) is 2.70. The molecule has 0 atom stereocenters. The molecule has 3 aromatic rings. The lowest BCUT2D eigenvalue weighted by atomic mass is 10.2. The first-order valence-electron chi connectivity index (χ1n) is 5.42. The highest BCUT2D eigenvalue weighted by molar-refractivity contribution is 5.94. The molecular formula is C12H8N4O3. The quantitative estimate of drug-likeness (QED) is 0.705. The predicted molar refractivity (Wildman–Crippen MR) is 66.0 cm³/mol. The second-order valence-electron chi connectivity index (χ2n) is 3.87. The first kappa shape index (κ1) is 11.1. The van der Waals surface area contributed by atoms with E-state index in [9.17, 15) is 9.59 Å². The minimum atomic E-state index is -1.14. The summed E-state index contributed by atoms with van der Waals surface area (Å²) in [6.07, 6.45) is 4.39. The average molecular weight is 256 g/mol. The van der Waals surface area contributed by atoms with Gasteiger partial charge in [0.1, 0.15) is 5.56 Å². The van der Waals surface area contributed by atoms with E-state index in [2.05, 4.69) is 15.1 Å². The second kappa shape index (κ2) is 4.05. The molecule has 0 amide bonds. The summed E-state index contributed by atoms with van der Waals surface area (Å²) in [4.78, 5) is 31.0. The van der Waals surface area contributed by atoms with Crippen LogP contribution in [0.1, 0.15) is 10.4 Å². The molecule has 0 fully saturated rings. The molecule has 0 saturated heterocycles. The van der Waals surface area contributed by atoms with Crippen molar-refractivity contribution in [1.82, 2.24) is 19.6 Å². The monoisotopic (exact) mass is 256 g/mol. The number of fused-ring (bicyclic) bond motifs is 1. The molecule has 0 aliphatic rings. The van der Waals surface area contributed by atoms with Gasteiger partial charge in [0, 0.05) is 30.2 Å². The lowest BCUT2D eigenvalue weighted by Crippen LogP contribution is -2.15. The summed E-state index contributed by atoms with van der Waals surface area (Å²) in [6, 6.07) is 4.74. The standard InChI is InChI=1S/C12H8N4O3/c17-10-5-9(7-1-3-13-4-2-7)15-11-8(12(18)19)6-14-16(10)11/h1-6,14H,(H,18,19). The molecule has 7 nitrogen and oxygen atoms in total. The topological polar surface area (TPSA) is 100 Å². The highest BCUT2D eigenvalue weighted by Gasteiger charge is 2.14. The minimum absolute atomic E-state index is 0.0481. The van der Waals surface area contributed by atoms with Gasteiger partial charge < -0.3 is 5.11 Å². The number of pyridine rings is 1. The third-order valence-electron chi connectivity index (χ3n) is 2.70. The molecular weight excluding hydrogens is 248 g/mol. The number of hydrogen-bond donors (Lipinski definition) is 2. The van der Waals surface area contributed by atoms with Crippen LogP contribution in [0.25, 0.3) is 16.9 Å². The van der Waals surface area contributed by atoms with Crippen LogP contribution in [0.4, 0.5) is 0 Å². The molecule has 0 aliphatic carbocycles. The van der Waals surface area contributed by atoms with Crippen LogP contribution in [0.5, 0.6) is 0 Å². The maximum atomic E-state index is 11.9. The van der Waals surface area contributed by atoms with E-state index in [0.717, 1.165) is 4.52 Å². The van der Waals surface area contributed by atoms with E-state index in [0.29, 0.717) is 11.3 Å². The number of aromatic amines is 1. The summed E-state index contributed by atoms with van der Waals surface area (Å²) in [5, 5.41) is 11.6. The zero-order valence-corrected chi connectivity index (χ0v) is 9.57. The molecule has 0 unspecified atom stereocenters. The third kappa shape index (κ3) is 1.77. The predicted octanol–water partition coefficient (Wildman–Crippen LogP) is 0.783. The van der Waals surface area contributed by atoms with Crippen LogP contribution in [0.2, 0.25) is 0 Å². The number of nitrogens with zero attached hydrogens (tertiary/aromatic N) is 3. The minimum Gasteiger partial charge on any atom is -0.477 e. The van der Waals surface area contributed by atoms with E-state index in [1.165, 1.54) is 12.3 Å². The Balaban J connectivity index is 2.32. The van der Waals surface area contributed by atoms with Crippen LogP contribution < -0.4 is 5.56 Å². The number of nitrogens with one attached hydrogen (secondary N) is 1. The number of carboxylic acid groups (broad SMARTS) is 1. The molecule has 0 bridgehead atoms. The van der Waals surface area contributed by atoms with Gasteiger partial charge in [0.25, 0.3) is 5.56 Å². The first-order valence-corrected chi connectivity index (χ1v) is 5.42. The van der Waals surface area contributed by atoms with E-state index < -0.39 is 5.97 Å². The Bertz CT molecular complexity index is 820. The molecule has 19 heavy (non-hydrogen) atoms. The summed E-state index contributed by atoms with van der Waals surface area (Å²) in [6.45, 7) is 0. The van der Waals surface area contributed by atoms with Crippen molar-refractivity contribution in [2.45, 2.75) is 0 Å². The van der Waals surface area contributed by atoms with Gasteiger partial charge >= 0.3 is 5.97 Å². The first-order chi connectivity index (χ1) is 9.16. The van der Waals surface area contributed by atoms with Crippen LogP contribution in [0.15, 0.2) is 41.6 Å². The maximum Gasteiger partial charge on any atom is 0.341 e. The summed E-state index contributed by atoms with van der Waals surface area (Å²) in [7, 11) is 0. The van der Waals surface area contributed by atoms with Crippen molar-refractivity contribution in [3.8, 4) is 11.3 Å². The zero-order chi connectivity index (χ0) is 13.4. The number of aromatic nitrogens is 4. The lowest BCUT2D eigenvalue weighted by Gasteiger charge is -2.01. The Morgan fingerprint density at radius 3 is 2.74 bits per heavy atom. The van der Waals surface area contributed by atoms with Gasteiger partial charge in [-0.25, -0.2) is 14.3 Å². The van der Waals surface area contributed by atoms with Crippen LogP contribution in [-0.4, -0.2) is 30.7 Å². The fourth-order valence-corrected chi connectivity index (χ4v) is 1.81. The van der Waals surface area contributed by atoms with Crippen LogP contribution >= 0.6 is 0 Å². The van der Waals surface area contributed by atoms with Crippen molar-refractivity contribution >= 4 is 11.6 Å². The number of carboxylic acids is 1. The highest BCUT2D eigenvalue weighted by atomic mass is 16.4. The van der Waals surface area contributed by atoms with Crippen molar-refractivity contribution in [2.24, 2.45) is 0 Å². The van der Waals surface area contributed by atoms with Gasteiger partial charge in [0.15, 0.2) is 5.65 Å². The summed E-state index contributed by atoms with van der Waals surface area (Å²) < 4.78 is 1.09. The Labute approximate surface area is 106 Å². The summed E-state index contributed by atoms with van der Waals surface area (Å²) >= 11 is 0. The van der Waals surface area contributed by atoms with E-state index in [-0.39, 0.29) is 16.8 Å². The molecule has 3 heterocycles. The van der Waals surface area contributed by atoms with Crippen LogP contribution in [0, 0.1) is 0 Å². The molecule has 94 valence electrons. The molecule has 3 rings (SSSR count). The van der Waals surface area contributed by atoms with Crippen molar-refractivity contribution < 1.29 is 9.90 Å². The molecule has 0 aliphatic heterocycles. The number of hydrogen-bond acceptors (Lipinski definition) is 4. The Morgan fingerprint density at radius 2 is 2.05 bits per heavy atom. The fourth-order valence-electron chi connectivity index (χ4n) is 1.81. The molecule has 2 N–H and O–H groups in total. The molecule has 0 radical (unpaired) electrons. The fraction of sp³-hybridized carbons (Fsp3) is 0. The van der Waals surface area contributed by atoms with Gasteiger partial charge in [-0.1, -0.05) is 0 Å². The van der Waals surface area contributed by atoms with Gasteiger partial charge in [-0.2, -0.15) is 0 Å². The number of rotatable bonds is 2. The van der Waals surface area contributed by atoms with Gasteiger partial charge in [-0.3, -0.25) is 14.9 Å². The van der Waals surface area contributed by atoms with Crippen molar-refractivity contribution in [3.05, 3.63) is 52.7 Å². The van der Waals surface area contributed by atoms with Crippen molar-refractivity contribution in [2.75, 3.05) is 0 Å². The summed E-state index contributed by atoms with van der Waals surface area (Å²) in [5.41, 5.74) is 0.783. The second-order valence-corrected chi connectivity index (χ2v) is 3.87. The van der Waals surface area contributed by atoms with Crippen molar-refractivity contribution in [1.29, 1.82) is 0 Å². The number of carbonyl (C=O) groups is 1. The SMILES string of the molecule is O=C(O)c1c[nH]n2c(=O)cc(-c3ccncc3)nc12. The van der Waals surface area contributed by atoms with Crippen LogP contribution in [0.3, 0.4) is 0 Å². The van der Waals surface area contributed by atoms with E-state index in [1.54, 1.807) is 24.5 Å². The summed E-state index contributed by atoms with van der Waals surface area (Å²) in [5.74, 6) is -1.14. The number of aromatic carboxylic acids is 1. The van der Waals surface area contributed by atoms with Crippen molar-refractivity contribution in [3.63, 3.8) is 0 Å². The van der Waals surface area contributed by atoms with Gasteiger partial charge in [0.05, 0.1) is 5.69 Å². The molecule has 3 aromatic heterocycles. The Kier molecular flexibility index (Phi) is 2.38. The normalized spacial score (nSPS) is 10.7. The van der Waals surface area contributed by atoms with Gasteiger partial charge in [-0.15, -0.1) is 0 Å². The Morgan fingerprint density at radius 1 is 1.32 bits per heavy atom. The van der Waals surface area contributed by atoms with Gasteiger partial charge in [-0.05, 0) is 12.1 Å². The largest absolute Gasteiger partial charge is 0.477 e. The average Bonchev–Trinajstić information content (AvgIpc) is 2.84. The molecule has 7 heteroatoms. The smallest absolute Gasteiger partial charge is 0.341 e. The molecule has 0 spiro atoms. The van der Waals surface area contributed by atoms with E-state index in [1.807, 2.05) is 0 Å². The van der Waals surface area contributed by atoms with E-state index >= 15 is 0 Å². The van der Waals surface area contributed by atoms with Crippen LogP contribution in [-0.2, 0) is 0 Å². The highest BCUT2D eigenvalue weighted by Crippen LogP contribution is 2.16.